The SMILES string of the molecule is C#CC(C)c1ccc(-c2ccccc2)c(OC)c1. The maximum Gasteiger partial charge on any atom is 0.127 e. The molecule has 0 aliphatic carbocycles. The van der Waals surface area contributed by atoms with Crippen LogP contribution in [0.1, 0.15) is 18.4 Å². The average molecular weight is 236 g/mol. The van der Waals surface area contributed by atoms with Gasteiger partial charge in [0.2, 0.25) is 0 Å². The molecule has 2 aromatic rings. The van der Waals surface area contributed by atoms with Crippen molar-refractivity contribution >= 4 is 0 Å². The van der Waals surface area contributed by atoms with Gasteiger partial charge < -0.3 is 4.74 Å². The molecule has 0 radical (unpaired) electrons. The number of methoxy groups -OCH3 is 1. The lowest BCUT2D eigenvalue weighted by molar-refractivity contribution is 0.416. The summed E-state index contributed by atoms with van der Waals surface area (Å²) in [6.45, 7) is 2.01. The van der Waals surface area contributed by atoms with Crippen LogP contribution < -0.4 is 4.74 Å². The summed E-state index contributed by atoms with van der Waals surface area (Å²) >= 11 is 0. The summed E-state index contributed by atoms with van der Waals surface area (Å²) < 4.78 is 5.47. The van der Waals surface area contributed by atoms with Crippen molar-refractivity contribution in [3.05, 3.63) is 54.1 Å². The van der Waals surface area contributed by atoms with E-state index in [1.54, 1.807) is 7.11 Å². The van der Waals surface area contributed by atoms with Gasteiger partial charge in [-0.05, 0) is 24.1 Å². The van der Waals surface area contributed by atoms with Crippen molar-refractivity contribution in [2.75, 3.05) is 7.11 Å². The van der Waals surface area contributed by atoms with Gasteiger partial charge in [0, 0.05) is 11.5 Å². The van der Waals surface area contributed by atoms with Crippen molar-refractivity contribution in [3.8, 4) is 29.2 Å². The molecule has 0 bridgehead atoms. The van der Waals surface area contributed by atoms with E-state index in [2.05, 4.69) is 30.2 Å². The van der Waals surface area contributed by atoms with Gasteiger partial charge in [0.15, 0.2) is 0 Å². The van der Waals surface area contributed by atoms with E-state index in [0.717, 1.165) is 22.4 Å². The van der Waals surface area contributed by atoms with Crippen molar-refractivity contribution in [3.63, 3.8) is 0 Å². The average Bonchev–Trinajstić information content (AvgIpc) is 2.46. The topological polar surface area (TPSA) is 9.23 Å². The van der Waals surface area contributed by atoms with Gasteiger partial charge in [0.25, 0.3) is 0 Å². The van der Waals surface area contributed by atoms with E-state index in [4.69, 9.17) is 11.2 Å². The molecule has 1 unspecified atom stereocenters. The van der Waals surface area contributed by atoms with Gasteiger partial charge in [0.05, 0.1) is 7.11 Å². The number of ether oxygens (including phenoxy) is 1. The molecule has 90 valence electrons. The summed E-state index contributed by atoms with van der Waals surface area (Å²) in [7, 11) is 1.69. The summed E-state index contributed by atoms with van der Waals surface area (Å²) in [5, 5.41) is 0. The fourth-order valence-electron chi connectivity index (χ4n) is 1.93. The first-order valence-corrected chi connectivity index (χ1v) is 5.95. The Balaban J connectivity index is 2.48. The van der Waals surface area contributed by atoms with Crippen molar-refractivity contribution in [1.82, 2.24) is 0 Å². The maximum atomic E-state index is 5.47. The van der Waals surface area contributed by atoms with Crippen LogP contribution in [0.3, 0.4) is 0 Å². The number of rotatable bonds is 3. The molecular formula is C17H16O. The summed E-state index contributed by atoms with van der Waals surface area (Å²) in [6, 6.07) is 16.3. The molecule has 0 amide bonds. The number of hydrogen-bond acceptors (Lipinski definition) is 1. The van der Waals surface area contributed by atoms with Gasteiger partial charge in [-0.3, -0.25) is 0 Å². The Morgan fingerprint density at radius 1 is 1.11 bits per heavy atom. The van der Waals surface area contributed by atoms with Crippen LogP contribution in [0.25, 0.3) is 11.1 Å². The molecule has 0 fully saturated rings. The molecule has 0 spiro atoms. The summed E-state index contributed by atoms with van der Waals surface area (Å²) in [5.41, 5.74) is 3.34. The fraction of sp³-hybridized carbons (Fsp3) is 0.176. The third-order valence-corrected chi connectivity index (χ3v) is 3.06. The third-order valence-electron chi connectivity index (χ3n) is 3.06. The summed E-state index contributed by atoms with van der Waals surface area (Å²) in [6.07, 6.45) is 5.45. The largest absolute Gasteiger partial charge is 0.496 e. The molecule has 0 aromatic heterocycles. The second-order valence-corrected chi connectivity index (χ2v) is 4.21. The number of hydrogen-bond donors (Lipinski definition) is 0. The molecule has 1 heteroatoms. The molecule has 1 atom stereocenters. The Morgan fingerprint density at radius 3 is 2.44 bits per heavy atom. The summed E-state index contributed by atoms with van der Waals surface area (Å²) in [4.78, 5) is 0. The molecule has 0 N–H and O–H groups in total. The van der Waals surface area contributed by atoms with E-state index in [9.17, 15) is 0 Å². The fourth-order valence-corrected chi connectivity index (χ4v) is 1.93. The first-order valence-electron chi connectivity index (χ1n) is 5.95. The smallest absolute Gasteiger partial charge is 0.127 e. The van der Waals surface area contributed by atoms with Crippen molar-refractivity contribution in [2.45, 2.75) is 12.8 Å². The van der Waals surface area contributed by atoms with E-state index in [-0.39, 0.29) is 5.92 Å². The van der Waals surface area contributed by atoms with E-state index >= 15 is 0 Å². The zero-order valence-electron chi connectivity index (χ0n) is 10.7. The Bertz CT molecular complexity index is 564. The Labute approximate surface area is 108 Å². The van der Waals surface area contributed by atoms with Gasteiger partial charge in [-0.2, -0.15) is 0 Å². The minimum absolute atomic E-state index is 0.101. The molecule has 0 saturated heterocycles. The van der Waals surface area contributed by atoms with E-state index in [0.29, 0.717) is 0 Å². The quantitative estimate of drug-likeness (QED) is 0.729. The minimum Gasteiger partial charge on any atom is -0.496 e. The molecule has 18 heavy (non-hydrogen) atoms. The van der Waals surface area contributed by atoms with Gasteiger partial charge in [-0.25, -0.2) is 0 Å². The first-order chi connectivity index (χ1) is 8.76. The second kappa shape index (κ2) is 5.42. The minimum atomic E-state index is 0.101. The van der Waals surface area contributed by atoms with Crippen molar-refractivity contribution in [2.24, 2.45) is 0 Å². The van der Waals surface area contributed by atoms with Gasteiger partial charge in [-0.15, -0.1) is 6.42 Å². The highest BCUT2D eigenvalue weighted by Gasteiger charge is 2.09. The lowest BCUT2D eigenvalue weighted by Gasteiger charge is -2.12. The summed E-state index contributed by atoms with van der Waals surface area (Å²) in [5.74, 6) is 3.70. The number of terminal acetylenes is 1. The predicted molar refractivity (Wildman–Crippen MR) is 75.7 cm³/mol. The van der Waals surface area contributed by atoms with Crippen molar-refractivity contribution < 1.29 is 4.74 Å². The normalized spacial score (nSPS) is 11.6. The molecule has 2 rings (SSSR count). The van der Waals surface area contributed by atoms with Crippen LogP contribution in [-0.4, -0.2) is 7.11 Å². The Morgan fingerprint density at radius 2 is 1.83 bits per heavy atom. The lowest BCUT2D eigenvalue weighted by atomic mass is 9.97. The number of benzene rings is 2. The van der Waals surface area contributed by atoms with E-state index in [1.165, 1.54) is 0 Å². The standard InChI is InChI=1S/C17H16O/c1-4-13(2)15-10-11-16(17(12-15)18-3)14-8-6-5-7-9-14/h1,5-13H,2-3H3. The van der Waals surface area contributed by atoms with Crippen molar-refractivity contribution in [1.29, 1.82) is 0 Å². The maximum absolute atomic E-state index is 5.47. The van der Waals surface area contributed by atoms with Gasteiger partial charge >= 0.3 is 0 Å². The molecule has 0 saturated carbocycles. The van der Waals surface area contributed by atoms with Crippen LogP contribution in [0, 0.1) is 12.3 Å². The molecular weight excluding hydrogens is 220 g/mol. The lowest BCUT2D eigenvalue weighted by Crippen LogP contribution is -1.93. The van der Waals surface area contributed by atoms with Crippen LogP contribution in [0.15, 0.2) is 48.5 Å². The van der Waals surface area contributed by atoms with E-state index < -0.39 is 0 Å². The monoisotopic (exact) mass is 236 g/mol. The Kier molecular flexibility index (Phi) is 3.69. The second-order valence-electron chi connectivity index (χ2n) is 4.21. The molecule has 0 aliphatic rings. The molecule has 0 heterocycles. The van der Waals surface area contributed by atoms with Crippen LogP contribution in [0.2, 0.25) is 0 Å². The van der Waals surface area contributed by atoms with Gasteiger partial charge in [-0.1, -0.05) is 48.4 Å². The van der Waals surface area contributed by atoms with Crippen LogP contribution in [0.4, 0.5) is 0 Å². The first kappa shape index (κ1) is 12.3. The van der Waals surface area contributed by atoms with Crippen LogP contribution >= 0.6 is 0 Å². The molecule has 1 nitrogen and oxygen atoms in total. The highest BCUT2D eigenvalue weighted by atomic mass is 16.5. The van der Waals surface area contributed by atoms with Gasteiger partial charge in [0.1, 0.15) is 5.75 Å². The highest BCUT2D eigenvalue weighted by Crippen LogP contribution is 2.32. The molecule has 2 aromatic carbocycles. The molecule has 0 aliphatic heterocycles. The Hall–Kier alpha value is -2.20. The zero-order chi connectivity index (χ0) is 13.0. The van der Waals surface area contributed by atoms with E-state index in [1.807, 2.05) is 31.2 Å². The highest BCUT2D eigenvalue weighted by molar-refractivity contribution is 5.71. The van der Waals surface area contributed by atoms with Crippen LogP contribution in [0.5, 0.6) is 5.75 Å². The third kappa shape index (κ3) is 2.38. The predicted octanol–water partition coefficient (Wildman–Crippen LogP) is 4.10. The zero-order valence-corrected chi connectivity index (χ0v) is 10.7. The van der Waals surface area contributed by atoms with Crippen LogP contribution in [-0.2, 0) is 0 Å².